The van der Waals surface area contributed by atoms with Gasteiger partial charge in [0.2, 0.25) is 5.91 Å². The minimum absolute atomic E-state index is 0. The molecule has 0 bridgehead atoms. The fourth-order valence-corrected chi connectivity index (χ4v) is 5.06. The van der Waals surface area contributed by atoms with Gasteiger partial charge < -0.3 is 15.5 Å². The fourth-order valence-electron chi connectivity index (χ4n) is 4.17. The quantitative estimate of drug-likeness (QED) is 0.366. The predicted octanol–water partition coefficient (Wildman–Crippen LogP) is 3.63. The average molecular weight is 504 g/mol. The summed E-state index contributed by atoms with van der Waals surface area (Å²) in [6, 6.07) is 2.14. The van der Waals surface area contributed by atoms with Crippen LogP contribution in [0.15, 0.2) is 16.4 Å². The van der Waals surface area contributed by atoms with E-state index in [1.165, 1.54) is 42.5 Å². The average Bonchev–Trinajstić information content (AvgIpc) is 3.12. The summed E-state index contributed by atoms with van der Waals surface area (Å²) in [4.78, 5) is 20.1. The molecular formula is C20H33IN4OS. The molecule has 1 fully saturated rings. The molecule has 1 saturated carbocycles. The lowest BCUT2D eigenvalue weighted by molar-refractivity contribution is -0.130. The maximum Gasteiger partial charge on any atom is 0.242 e. The van der Waals surface area contributed by atoms with Gasteiger partial charge in [-0.3, -0.25) is 9.79 Å². The molecule has 1 aliphatic carbocycles. The number of carbonyl (C=O) groups is 1. The molecular weight excluding hydrogens is 471 g/mol. The van der Waals surface area contributed by atoms with Crippen LogP contribution in [0.4, 0.5) is 0 Å². The molecule has 0 radical (unpaired) electrons. The molecule has 152 valence electrons. The number of guanidine groups is 1. The molecule has 1 aliphatic heterocycles. The molecule has 1 amide bonds. The van der Waals surface area contributed by atoms with Gasteiger partial charge in [-0.2, -0.15) is 0 Å². The van der Waals surface area contributed by atoms with E-state index in [-0.39, 0.29) is 29.9 Å². The van der Waals surface area contributed by atoms with Crippen molar-refractivity contribution in [3.63, 3.8) is 0 Å². The Morgan fingerprint density at radius 2 is 2.22 bits per heavy atom. The molecule has 2 unspecified atom stereocenters. The lowest BCUT2D eigenvalue weighted by Gasteiger charge is -2.28. The van der Waals surface area contributed by atoms with Gasteiger partial charge in [0.1, 0.15) is 0 Å². The molecule has 0 spiro atoms. The molecule has 1 aromatic heterocycles. The van der Waals surface area contributed by atoms with E-state index in [2.05, 4.69) is 34.0 Å². The summed E-state index contributed by atoms with van der Waals surface area (Å²) < 4.78 is 0. The molecule has 5 nitrogen and oxygen atoms in total. The van der Waals surface area contributed by atoms with E-state index in [9.17, 15) is 4.79 Å². The Kier molecular flexibility index (Phi) is 9.35. The van der Waals surface area contributed by atoms with Crippen LogP contribution in [-0.4, -0.2) is 43.4 Å². The van der Waals surface area contributed by atoms with Gasteiger partial charge in [-0.1, -0.05) is 26.2 Å². The summed E-state index contributed by atoms with van der Waals surface area (Å²) in [6.45, 7) is 5.16. The normalized spacial score (nSPS) is 22.6. The van der Waals surface area contributed by atoms with Crippen molar-refractivity contribution < 1.29 is 4.79 Å². The monoisotopic (exact) mass is 504 g/mol. The van der Waals surface area contributed by atoms with Crippen LogP contribution in [0.25, 0.3) is 0 Å². The number of aliphatic imine (C=N–C) groups is 1. The largest absolute Gasteiger partial charge is 0.356 e. The number of hydrogen-bond acceptors (Lipinski definition) is 3. The third kappa shape index (κ3) is 6.62. The Labute approximate surface area is 184 Å². The van der Waals surface area contributed by atoms with Crippen LogP contribution in [0.2, 0.25) is 0 Å². The topological polar surface area (TPSA) is 56.7 Å². The molecule has 0 aromatic carbocycles. The molecule has 2 aliphatic rings. The van der Waals surface area contributed by atoms with Gasteiger partial charge in [-0.25, -0.2) is 0 Å². The van der Waals surface area contributed by atoms with Crippen LogP contribution >= 0.6 is 35.3 Å². The van der Waals surface area contributed by atoms with Crippen molar-refractivity contribution >= 4 is 47.2 Å². The van der Waals surface area contributed by atoms with E-state index >= 15 is 0 Å². The van der Waals surface area contributed by atoms with Crippen molar-refractivity contribution in [3.8, 4) is 0 Å². The first kappa shape index (κ1) is 22.5. The summed E-state index contributed by atoms with van der Waals surface area (Å²) in [5.74, 6) is 2.58. The third-order valence-corrected chi connectivity index (χ3v) is 6.70. The highest BCUT2D eigenvalue weighted by Gasteiger charge is 2.21. The standard InChI is InChI=1S/C20H32N4OS.HI/c1-15-4-3-5-16(12-15)6-9-22-20(21-2)23-13-19(25)24-10-7-18-17(14-24)8-11-26-18;/h8,11,15-16H,3-7,9-10,12-14H2,1-2H3,(H2,21,22,23);1H. The summed E-state index contributed by atoms with van der Waals surface area (Å²) in [5, 5.41) is 8.67. The maximum atomic E-state index is 12.5. The highest BCUT2D eigenvalue weighted by molar-refractivity contribution is 14.0. The number of fused-ring (bicyclic) bond motifs is 1. The highest BCUT2D eigenvalue weighted by atomic mass is 127. The third-order valence-electron chi connectivity index (χ3n) is 5.68. The Morgan fingerprint density at radius 3 is 3.00 bits per heavy atom. The van der Waals surface area contributed by atoms with Crippen molar-refractivity contribution in [2.24, 2.45) is 16.8 Å². The van der Waals surface area contributed by atoms with Gasteiger partial charge in [0, 0.05) is 31.6 Å². The van der Waals surface area contributed by atoms with Gasteiger partial charge in [0.05, 0.1) is 6.54 Å². The molecule has 2 heterocycles. The fraction of sp³-hybridized carbons (Fsp3) is 0.700. The highest BCUT2D eigenvalue weighted by Crippen LogP contribution is 2.30. The van der Waals surface area contributed by atoms with Crippen LogP contribution in [0.1, 0.15) is 49.5 Å². The van der Waals surface area contributed by atoms with Crippen molar-refractivity contribution in [3.05, 3.63) is 21.9 Å². The molecule has 27 heavy (non-hydrogen) atoms. The lowest BCUT2D eigenvalue weighted by atomic mass is 9.81. The van der Waals surface area contributed by atoms with Crippen LogP contribution in [0.3, 0.4) is 0 Å². The number of carbonyl (C=O) groups excluding carboxylic acids is 1. The van der Waals surface area contributed by atoms with E-state index < -0.39 is 0 Å². The molecule has 7 heteroatoms. The van der Waals surface area contributed by atoms with E-state index in [0.29, 0.717) is 6.54 Å². The second kappa shape index (κ2) is 11.2. The van der Waals surface area contributed by atoms with E-state index in [0.717, 1.165) is 43.9 Å². The summed E-state index contributed by atoms with van der Waals surface area (Å²) in [5.41, 5.74) is 1.30. The Balaban J connectivity index is 0.00000261. The second-order valence-electron chi connectivity index (χ2n) is 7.71. The molecule has 0 saturated heterocycles. The van der Waals surface area contributed by atoms with Crippen molar-refractivity contribution in [1.82, 2.24) is 15.5 Å². The Hall–Kier alpha value is -0.830. The number of hydrogen-bond donors (Lipinski definition) is 2. The number of thiophene rings is 1. The predicted molar refractivity (Wildman–Crippen MR) is 124 cm³/mol. The summed E-state index contributed by atoms with van der Waals surface area (Å²) in [6.07, 6.45) is 7.63. The van der Waals surface area contributed by atoms with Gasteiger partial charge >= 0.3 is 0 Å². The molecule has 3 rings (SSSR count). The Morgan fingerprint density at radius 1 is 1.37 bits per heavy atom. The SMILES string of the molecule is CN=C(NCCC1CCCC(C)C1)NCC(=O)N1CCc2sccc2C1.I. The zero-order valence-corrected chi connectivity index (χ0v) is 19.6. The second-order valence-corrected chi connectivity index (χ2v) is 8.71. The number of halogens is 1. The maximum absolute atomic E-state index is 12.5. The Bertz CT molecular complexity index is 633. The zero-order chi connectivity index (χ0) is 18.4. The minimum atomic E-state index is 0. The zero-order valence-electron chi connectivity index (χ0n) is 16.5. The first-order chi connectivity index (χ1) is 12.7. The smallest absolute Gasteiger partial charge is 0.242 e. The van der Waals surface area contributed by atoms with Crippen LogP contribution < -0.4 is 10.6 Å². The first-order valence-electron chi connectivity index (χ1n) is 9.93. The van der Waals surface area contributed by atoms with Crippen LogP contribution in [0.5, 0.6) is 0 Å². The molecule has 2 atom stereocenters. The molecule has 1 aromatic rings. The van der Waals surface area contributed by atoms with E-state index in [1.54, 1.807) is 18.4 Å². The number of rotatable bonds is 5. The summed E-state index contributed by atoms with van der Waals surface area (Å²) >= 11 is 1.80. The van der Waals surface area contributed by atoms with Crippen LogP contribution in [-0.2, 0) is 17.8 Å². The lowest BCUT2D eigenvalue weighted by Crippen LogP contribution is -2.46. The van der Waals surface area contributed by atoms with Gasteiger partial charge in [0.25, 0.3) is 0 Å². The van der Waals surface area contributed by atoms with Crippen molar-refractivity contribution in [1.29, 1.82) is 0 Å². The van der Waals surface area contributed by atoms with Crippen molar-refractivity contribution in [2.45, 2.75) is 52.0 Å². The number of nitrogens with one attached hydrogen (secondary N) is 2. The van der Waals surface area contributed by atoms with Crippen molar-refractivity contribution in [2.75, 3.05) is 26.7 Å². The van der Waals surface area contributed by atoms with Crippen LogP contribution in [0, 0.1) is 11.8 Å². The first-order valence-corrected chi connectivity index (χ1v) is 10.8. The van der Waals surface area contributed by atoms with Gasteiger partial charge in [-0.15, -0.1) is 35.3 Å². The number of amides is 1. The van der Waals surface area contributed by atoms with Gasteiger partial charge in [-0.05, 0) is 48.1 Å². The molecule has 2 N–H and O–H groups in total. The van der Waals surface area contributed by atoms with Gasteiger partial charge in [0.15, 0.2) is 5.96 Å². The van der Waals surface area contributed by atoms with E-state index in [4.69, 9.17) is 0 Å². The summed E-state index contributed by atoms with van der Waals surface area (Å²) in [7, 11) is 1.76. The van der Waals surface area contributed by atoms with E-state index in [1.807, 2.05) is 4.90 Å². The minimum Gasteiger partial charge on any atom is -0.356 e. The number of nitrogens with zero attached hydrogens (tertiary/aromatic N) is 2.